The minimum absolute atomic E-state index is 0.102. The van der Waals surface area contributed by atoms with Gasteiger partial charge in [0, 0.05) is 24.7 Å². The van der Waals surface area contributed by atoms with Crippen molar-refractivity contribution in [2.24, 2.45) is 0 Å². The van der Waals surface area contributed by atoms with Crippen LogP contribution in [0.4, 0.5) is 4.39 Å². The molecule has 0 bridgehead atoms. The Morgan fingerprint density at radius 2 is 2.22 bits per heavy atom. The lowest BCUT2D eigenvalue weighted by molar-refractivity contribution is -0.121. The van der Waals surface area contributed by atoms with Crippen LogP contribution in [0, 0.1) is 5.82 Å². The van der Waals surface area contributed by atoms with E-state index in [9.17, 15) is 9.18 Å². The average Bonchev–Trinajstić information content (AvgIpc) is 2.59. The number of amides is 1. The average molecular weight is 318 g/mol. The summed E-state index contributed by atoms with van der Waals surface area (Å²) in [6.07, 6.45) is 4.21. The topological polar surface area (TPSA) is 71.5 Å². The Morgan fingerprint density at radius 3 is 2.96 bits per heavy atom. The van der Waals surface area contributed by atoms with Crippen LogP contribution in [-0.4, -0.2) is 22.6 Å². The third-order valence-corrected chi connectivity index (χ3v) is 3.22. The normalized spacial score (nSPS) is 10.3. The molecule has 0 saturated carbocycles. The molecule has 0 aliphatic rings. The second kappa shape index (κ2) is 8.85. The lowest BCUT2D eigenvalue weighted by Crippen LogP contribution is -2.23. The molecule has 0 saturated heterocycles. The highest BCUT2D eigenvalue weighted by molar-refractivity contribution is 5.75. The first-order valence-corrected chi connectivity index (χ1v) is 7.36. The number of carbonyl (C=O) groups excluding carboxylic acids is 1. The van der Waals surface area contributed by atoms with Crippen LogP contribution in [0.5, 0.6) is 5.75 Å². The quantitative estimate of drug-likeness (QED) is 0.732. The van der Waals surface area contributed by atoms with Crippen LogP contribution in [0.25, 0.3) is 0 Å². The van der Waals surface area contributed by atoms with Crippen molar-refractivity contribution in [3.05, 3.63) is 59.7 Å². The van der Waals surface area contributed by atoms with E-state index >= 15 is 0 Å². The highest BCUT2D eigenvalue weighted by Gasteiger charge is 2.05. The molecule has 0 unspecified atom stereocenters. The maximum atomic E-state index is 13.2. The summed E-state index contributed by atoms with van der Waals surface area (Å²) in [5, 5.41) is 11.8. The predicted molar refractivity (Wildman–Crippen MR) is 83.1 cm³/mol. The summed E-state index contributed by atoms with van der Waals surface area (Å²) in [4.78, 5) is 15.7. The van der Waals surface area contributed by atoms with Gasteiger partial charge < -0.3 is 15.2 Å². The van der Waals surface area contributed by atoms with Crippen molar-refractivity contribution in [1.29, 1.82) is 0 Å². The second-order valence-electron chi connectivity index (χ2n) is 5.00. The monoisotopic (exact) mass is 318 g/mol. The minimum atomic E-state index is -0.449. The molecule has 1 aromatic carbocycles. The number of hydrogen-bond donors (Lipinski definition) is 2. The zero-order valence-corrected chi connectivity index (χ0v) is 12.7. The van der Waals surface area contributed by atoms with Gasteiger partial charge in [-0.3, -0.25) is 9.78 Å². The second-order valence-corrected chi connectivity index (χ2v) is 5.00. The number of nitrogens with one attached hydrogen (secondary N) is 1. The van der Waals surface area contributed by atoms with Crippen LogP contribution < -0.4 is 10.1 Å². The van der Waals surface area contributed by atoms with Gasteiger partial charge >= 0.3 is 0 Å². The fourth-order valence-electron chi connectivity index (χ4n) is 2.00. The largest absolute Gasteiger partial charge is 0.492 e. The maximum absolute atomic E-state index is 13.2. The van der Waals surface area contributed by atoms with Gasteiger partial charge in [0.05, 0.1) is 19.4 Å². The van der Waals surface area contributed by atoms with E-state index in [4.69, 9.17) is 9.84 Å². The van der Waals surface area contributed by atoms with Crippen molar-refractivity contribution in [2.75, 3.05) is 6.61 Å². The number of aromatic nitrogens is 1. The first kappa shape index (κ1) is 16.9. The third-order valence-electron chi connectivity index (χ3n) is 3.22. The summed E-state index contributed by atoms with van der Waals surface area (Å²) in [6, 6.07) is 8.00. The van der Waals surface area contributed by atoms with Crippen LogP contribution in [0.1, 0.15) is 24.0 Å². The van der Waals surface area contributed by atoms with Gasteiger partial charge in [-0.1, -0.05) is 6.07 Å². The molecule has 2 aromatic rings. The van der Waals surface area contributed by atoms with Crippen LogP contribution in [-0.2, 0) is 17.9 Å². The molecule has 0 radical (unpaired) electrons. The van der Waals surface area contributed by atoms with E-state index < -0.39 is 5.82 Å². The summed E-state index contributed by atoms with van der Waals surface area (Å²) < 4.78 is 18.7. The van der Waals surface area contributed by atoms with Crippen molar-refractivity contribution in [3.63, 3.8) is 0 Å². The Kier molecular flexibility index (Phi) is 6.50. The Balaban J connectivity index is 1.67. The van der Waals surface area contributed by atoms with Gasteiger partial charge in [0.2, 0.25) is 5.91 Å². The maximum Gasteiger partial charge on any atom is 0.220 e. The summed E-state index contributed by atoms with van der Waals surface area (Å²) in [6.45, 7) is 0.374. The summed E-state index contributed by atoms with van der Waals surface area (Å²) in [7, 11) is 0. The molecule has 122 valence electrons. The number of pyridine rings is 1. The number of nitrogens with zero attached hydrogens (tertiary/aromatic N) is 1. The zero-order chi connectivity index (χ0) is 16.5. The molecule has 1 heterocycles. The number of rotatable bonds is 8. The van der Waals surface area contributed by atoms with Gasteiger partial charge in [-0.25, -0.2) is 4.39 Å². The molecule has 0 aliphatic carbocycles. The first-order valence-electron chi connectivity index (χ1n) is 7.36. The van der Waals surface area contributed by atoms with Gasteiger partial charge in [-0.15, -0.1) is 0 Å². The molecule has 0 spiro atoms. The number of aliphatic hydroxyl groups is 1. The molecule has 5 nitrogen and oxygen atoms in total. The standard InChI is InChI=1S/C17H19FN2O3/c18-16-6-5-13(9-14(16)12-21)10-20-17(22)4-2-8-23-15-3-1-7-19-11-15/h1,3,5-7,9,11,21H,2,4,8,10,12H2,(H,20,22). The van der Waals surface area contributed by atoms with Crippen LogP contribution in [0.15, 0.2) is 42.7 Å². The van der Waals surface area contributed by atoms with Crippen LogP contribution in [0.3, 0.4) is 0 Å². The van der Waals surface area contributed by atoms with Gasteiger partial charge in [0.15, 0.2) is 0 Å². The summed E-state index contributed by atoms with van der Waals surface area (Å²) >= 11 is 0. The number of benzene rings is 1. The third kappa shape index (κ3) is 5.67. The van der Waals surface area contributed by atoms with Crippen molar-refractivity contribution in [2.45, 2.75) is 26.0 Å². The molecule has 23 heavy (non-hydrogen) atoms. The lowest BCUT2D eigenvalue weighted by Gasteiger charge is -2.08. The lowest BCUT2D eigenvalue weighted by atomic mass is 10.1. The van der Waals surface area contributed by atoms with E-state index in [-0.39, 0.29) is 18.1 Å². The van der Waals surface area contributed by atoms with Crippen LogP contribution in [0.2, 0.25) is 0 Å². The predicted octanol–water partition coefficient (Wildman–Crippen LogP) is 2.19. The highest BCUT2D eigenvalue weighted by atomic mass is 19.1. The SMILES string of the molecule is O=C(CCCOc1cccnc1)NCc1ccc(F)c(CO)c1. The fourth-order valence-corrected chi connectivity index (χ4v) is 2.00. The molecule has 0 aliphatic heterocycles. The van der Waals surface area contributed by atoms with E-state index in [2.05, 4.69) is 10.3 Å². The Labute approximate surface area is 134 Å². The Hall–Kier alpha value is -2.47. The first-order chi connectivity index (χ1) is 11.2. The molecule has 1 amide bonds. The highest BCUT2D eigenvalue weighted by Crippen LogP contribution is 2.11. The number of halogens is 1. The van der Waals surface area contributed by atoms with Crippen molar-refractivity contribution >= 4 is 5.91 Å². The number of hydrogen-bond acceptors (Lipinski definition) is 4. The minimum Gasteiger partial charge on any atom is -0.492 e. The van der Waals surface area contributed by atoms with E-state index in [1.165, 1.54) is 6.07 Å². The van der Waals surface area contributed by atoms with Crippen LogP contribution >= 0.6 is 0 Å². The molecule has 2 rings (SSSR count). The number of ether oxygens (including phenoxy) is 1. The van der Waals surface area contributed by atoms with Gasteiger partial charge in [-0.2, -0.15) is 0 Å². The Bertz CT molecular complexity index is 635. The van der Waals surface area contributed by atoms with Gasteiger partial charge in [-0.05, 0) is 36.2 Å². The zero-order valence-electron chi connectivity index (χ0n) is 12.7. The van der Waals surface area contributed by atoms with Gasteiger partial charge in [0.25, 0.3) is 0 Å². The molecule has 6 heteroatoms. The van der Waals surface area contributed by atoms with E-state index in [1.54, 1.807) is 36.7 Å². The van der Waals surface area contributed by atoms with E-state index in [1.807, 2.05) is 0 Å². The number of aliphatic hydroxyl groups excluding tert-OH is 1. The van der Waals surface area contributed by atoms with Crippen molar-refractivity contribution < 1.29 is 19.0 Å². The smallest absolute Gasteiger partial charge is 0.220 e. The molecule has 2 N–H and O–H groups in total. The summed E-state index contributed by atoms with van der Waals surface area (Å²) in [5.41, 5.74) is 0.969. The van der Waals surface area contributed by atoms with Crippen molar-refractivity contribution in [3.8, 4) is 5.75 Å². The number of carbonyl (C=O) groups is 1. The molecular formula is C17H19FN2O3. The van der Waals surface area contributed by atoms with Gasteiger partial charge in [0.1, 0.15) is 11.6 Å². The molecule has 1 aromatic heterocycles. The fraction of sp³-hybridized carbons (Fsp3) is 0.294. The molecular weight excluding hydrogens is 299 g/mol. The molecule has 0 atom stereocenters. The Morgan fingerprint density at radius 1 is 1.35 bits per heavy atom. The van der Waals surface area contributed by atoms with E-state index in [0.717, 1.165) is 5.56 Å². The van der Waals surface area contributed by atoms with Crippen molar-refractivity contribution in [1.82, 2.24) is 10.3 Å². The molecule has 0 fully saturated rings. The van der Waals surface area contributed by atoms with E-state index in [0.29, 0.717) is 31.7 Å². The summed E-state index contributed by atoms with van der Waals surface area (Å²) in [5.74, 6) is 0.126.